The van der Waals surface area contributed by atoms with E-state index < -0.39 is 0 Å². The van der Waals surface area contributed by atoms with Gasteiger partial charge in [0.25, 0.3) is 0 Å². The Bertz CT molecular complexity index is 343. The van der Waals surface area contributed by atoms with Crippen molar-refractivity contribution < 1.29 is 5.11 Å². The van der Waals surface area contributed by atoms with Gasteiger partial charge in [-0.2, -0.15) is 11.8 Å². The van der Waals surface area contributed by atoms with E-state index in [1.807, 2.05) is 23.9 Å². The molecule has 1 heterocycles. The zero-order valence-corrected chi connectivity index (χ0v) is 11.9. The van der Waals surface area contributed by atoms with Crippen LogP contribution in [0.2, 0.25) is 0 Å². The topological polar surface area (TPSA) is 20.2 Å². The Balaban J connectivity index is 2.01. The molecule has 1 aromatic rings. The number of benzene rings is 1. The maximum Gasteiger partial charge on any atom is 0.0724 e. The van der Waals surface area contributed by atoms with Crippen LogP contribution in [0.5, 0.6) is 0 Å². The Hall–Kier alpha value is 0.01000. The summed E-state index contributed by atoms with van der Waals surface area (Å²) in [5, 5.41) is 10.3. The maximum atomic E-state index is 10.3. The molecule has 1 aliphatic rings. The molecule has 3 heteroatoms. The molecule has 0 aromatic heterocycles. The summed E-state index contributed by atoms with van der Waals surface area (Å²) in [5.74, 6) is 1.19. The van der Waals surface area contributed by atoms with Crippen LogP contribution < -0.4 is 0 Å². The van der Waals surface area contributed by atoms with Crippen LogP contribution >= 0.6 is 27.7 Å². The standard InChI is InChI=1S/C13H17BrOS/c1-13(7-2-8-16-13)12(15)9-10-3-5-11(14)6-4-10/h3-6,12,15H,2,7-9H2,1H3. The van der Waals surface area contributed by atoms with E-state index in [4.69, 9.17) is 0 Å². The van der Waals surface area contributed by atoms with Crippen molar-refractivity contribution in [2.75, 3.05) is 5.75 Å². The molecule has 2 atom stereocenters. The zero-order chi connectivity index (χ0) is 11.6. The van der Waals surface area contributed by atoms with Crippen LogP contribution in [0.4, 0.5) is 0 Å². The smallest absolute Gasteiger partial charge is 0.0724 e. The Morgan fingerprint density at radius 2 is 2.12 bits per heavy atom. The van der Waals surface area contributed by atoms with Gasteiger partial charge in [0.1, 0.15) is 0 Å². The van der Waals surface area contributed by atoms with Crippen LogP contribution in [0, 0.1) is 0 Å². The minimum atomic E-state index is -0.235. The highest BCUT2D eigenvalue weighted by Gasteiger charge is 2.36. The van der Waals surface area contributed by atoms with Crippen LogP contribution in [-0.2, 0) is 6.42 Å². The molecule has 0 aliphatic carbocycles. The Labute approximate surface area is 110 Å². The second-order valence-electron chi connectivity index (χ2n) is 4.61. The molecule has 1 aromatic carbocycles. The van der Waals surface area contributed by atoms with Gasteiger partial charge in [-0.05, 0) is 49.6 Å². The fraction of sp³-hybridized carbons (Fsp3) is 0.538. The van der Waals surface area contributed by atoms with E-state index >= 15 is 0 Å². The number of halogens is 1. The molecule has 88 valence electrons. The molecule has 1 nitrogen and oxygen atoms in total. The molecule has 0 bridgehead atoms. The monoisotopic (exact) mass is 300 g/mol. The summed E-state index contributed by atoms with van der Waals surface area (Å²) < 4.78 is 1.15. The molecule has 1 aliphatic heterocycles. The number of hydrogen-bond donors (Lipinski definition) is 1. The number of thioether (sulfide) groups is 1. The van der Waals surface area contributed by atoms with E-state index in [2.05, 4.69) is 35.0 Å². The second-order valence-corrected chi connectivity index (χ2v) is 7.16. The fourth-order valence-electron chi connectivity index (χ4n) is 2.12. The van der Waals surface area contributed by atoms with Crippen molar-refractivity contribution >= 4 is 27.7 Å². The molecule has 0 saturated carbocycles. The number of rotatable bonds is 3. The third-order valence-corrected chi connectivity index (χ3v) is 5.45. The molecule has 0 radical (unpaired) electrons. The van der Waals surface area contributed by atoms with Crippen LogP contribution in [0.25, 0.3) is 0 Å². The van der Waals surface area contributed by atoms with E-state index in [-0.39, 0.29) is 10.9 Å². The van der Waals surface area contributed by atoms with Gasteiger partial charge >= 0.3 is 0 Å². The van der Waals surface area contributed by atoms with Crippen LogP contribution in [0.1, 0.15) is 25.3 Å². The predicted octanol–water partition coefficient (Wildman–Crippen LogP) is 3.64. The normalized spacial score (nSPS) is 26.9. The first kappa shape index (κ1) is 12.5. The molecule has 2 rings (SSSR count). The first-order valence-electron chi connectivity index (χ1n) is 5.67. The summed E-state index contributed by atoms with van der Waals surface area (Å²) in [6.45, 7) is 2.19. The van der Waals surface area contributed by atoms with Gasteiger partial charge in [0.05, 0.1) is 6.10 Å². The van der Waals surface area contributed by atoms with Crippen molar-refractivity contribution in [3.63, 3.8) is 0 Å². The Morgan fingerprint density at radius 1 is 1.44 bits per heavy atom. The van der Waals surface area contributed by atoms with Crippen molar-refractivity contribution in [2.24, 2.45) is 0 Å². The van der Waals surface area contributed by atoms with Gasteiger partial charge in [-0.15, -0.1) is 0 Å². The van der Waals surface area contributed by atoms with Gasteiger partial charge in [-0.3, -0.25) is 0 Å². The highest BCUT2D eigenvalue weighted by Crippen LogP contribution is 2.41. The highest BCUT2D eigenvalue weighted by molar-refractivity contribution is 9.10. The lowest BCUT2D eigenvalue weighted by Gasteiger charge is -2.29. The molecule has 1 N–H and O–H groups in total. The average molecular weight is 301 g/mol. The summed E-state index contributed by atoms with van der Waals surface area (Å²) in [4.78, 5) is 0. The molecule has 1 saturated heterocycles. The maximum absolute atomic E-state index is 10.3. The van der Waals surface area contributed by atoms with Crippen LogP contribution in [-0.4, -0.2) is 21.7 Å². The molecule has 1 fully saturated rings. The lowest BCUT2D eigenvalue weighted by molar-refractivity contribution is 0.133. The van der Waals surface area contributed by atoms with E-state index in [1.54, 1.807) is 0 Å². The van der Waals surface area contributed by atoms with Crippen molar-refractivity contribution in [3.05, 3.63) is 34.3 Å². The Morgan fingerprint density at radius 3 is 2.69 bits per heavy atom. The average Bonchev–Trinajstić information content (AvgIpc) is 2.70. The fourth-order valence-corrected chi connectivity index (χ4v) is 3.71. The van der Waals surface area contributed by atoms with Gasteiger partial charge in [-0.25, -0.2) is 0 Å². The zero-order valence-electron chi connectivity index (χ0n) is 9.45. The summed E-state index contributed by atoms with van der Waals surface area (Å²) in [6.07, 6.45) is 2.89. The van der Waals surface area contributed by atoms with Gasteiger partial charge in [0.2, 0.25) is 0 Å². The Kier molecular flexibility index (Phi) is 3.98. The molecule has 2 unspecified atom stereocenters. The van der Waals surface area contributed by atoms with Crippen molar-refractivity contribution in [1.29, 1.82) is 0 Å². The van der Waals surface area contributed by atoms with Crippen molar-refractivity contribution in [1.82, 2.24) is 0 Å². The van der Waals surface area contributed by atoms with E-state index in [0.717, 1.165) is 17.3 Å². The number of hydrogen-bond acceptors (Lipinski definition) is 2. The molecular formula is C13H17BrOS. The lowest BCUT2D eigenvalue weighted by Crippen LogP contribution is -2.35. The van der Waals surface area contributed by atoms with Crippen molar-refractivity contribution in [2.45, 2.75) is 37.0 Å². The molecule has 16 heavy (non-hydrogen) atoms. The van der Waals surface area contributed by atoms with Crippen LogP contribution in [0.15, 0.2) is 28.7 Å². The summed E-state index contributed by atoms with van der Waals surface area (Å²) >= 11 is 5.34. The van der Waals surface area contributed by atoms with Crippen LogP contribution in [0.3, 0.4) is 0 Å². The molecule has 0 spiro atoms. The third kappa shape index (κ3) is 2.82. The summed E-state index contributed by atoms with van der Waals surface area (Å²) in [6, 6.07) is 8.23. The van der Waals surface area contributed by atoms with E-state index in [9.17, 15) is 5.11 Å². The van der Waals surface area contributed by atoms with E-state index in [1.165, 1.54) is 17.7 Å². The van der Waals surface area contributed by atoms with Crippen molar-refractivity contribution in [3.8, 4) is 0 Å². The van der Waals surface area contributed by atoms with E-state index in [0.29, 0.717) is 0 Å². The first-order valence-corrected chi connectivity index (χ1v) is 7.44. The SMILES string of the molecule is CC1(C(O)Cc2ccc(Br)cc2)CCCS1. The highest BCUT2D eigenvalue weighted by atomic mass is 79.9. The van der Waals surface area contributed by atoms with Gasteiger partial charge in [0, 0.05) is 9.22 Å². The predicted molar refractivity (Wildman–Crippen MR) is 73.9 cm³/mol. The number of aliphatic hydroxyl groups excluding tert-OH is 1. The largest absolute Gasteiger partial charge is 0.391 e. The van der Waals surface area contributed by atoms with Gasteiger partial charge in [-0.1, -0.05) is 28.1 Å². The second kappa shape index (κ2) is 5.11. The minimum Gasteiger partial charge on any atom is -0.391 e. The summed E-state index contributed by atoms with van der Waals surface area (Å²) in [5.41, 5.74) is 1.21. The third-order valence-electron chi connectivity index (χ3n) is 3.30. The minimum absolute atomic E-state index is 0.0626. The summed E-state index contributed by atoms with van der Waals surface area (Å²) in [7, 11) is 0. The quantitative estimate of drug-likeness (QED) is 0.920. The van der Waals surface area contributed by atoms with Gasteiger partial charge < -0.3 is 5.11 Å². The number of aliphatic hydroxyl groups is 1. The lowest BCUT2D eigenvalue weighted by atomic mass is 9.93. The molecular weight excluding hydrogens is 284 g/mol. The first-order chi connectivity index (χ1) is 7.60. The van der Waals surface area contributed by atoms with Gasteiger partial charge in [0.15, 0.2) is 0 Å². The molecule has 0 amide bonds.